The van der Waals surface area contributed by atoms with Crippen LogP contribution in [0.4, 0.5) is 5.69 Å². The van der Waals surface area contributed by atoms with Gasteiger partial charge in [-0.15, -0.1) is 0 Å². The summed E-state index contributed by atoms with van der Waals surface area (Å²) in [5.41, 5.74) is 0.588. The Morgan fingerprint density at radius 1 is 0.926 bits per heavy atom. The highest BCUT2D eigenvalue weighted by atomic mass is 35.5. The Bertz CT molecular complexity index is 850. The van der Waals surface area contributed by atoms with Crippen molar-refractivity contribution in [2.75, 3.05) is 11.9 Å². The molecule has 0 heterocycles. The highest BCUT2D eigenvalue weighted by molar-refractivity contribution is 6.35. The van der Waals surface area contributed by atoms with E-state index < -0.39 is 18.0 Å². The van der Waals surface area contributed by atoms with Crippen LogP contribution in [0.3, 0.4) is 0 Å². The van der Waals surface area contributed by atoms with Crippen LogP contribution in [0.5, 0.6) is 0 Å². The number of amides is 1. The van der Waals surface area contributed by atoms with E-state index in [-0.39, 0.29) is 17.3 Å². The molecule has 0 saturated carbocycles. The standard InChI is InChI=1S/C20H19Cl2NO4/c1-20(2,3)19(26)23-16-6-4-12(5-7-16)17(24)11-27-18(25)13-8-14(21)10-15(22)9-13/h4-10H,11H2,1-3H3,(H,23,26). The first-order valence-corrected chi connectivity index (χ1v) is 8.90. The van der Waals surface area contributed by atoms with Gasteiger partial charge in [-0.25, -0.2) is 4.79 Å². The first-order valence-electron chi connectivity index (χ1n) is 8.14. The molecular weight excluding hydrogens is 389 g/mol. The number of halogens is 2. The number of ketones is 1. The molecule has 1 N–H and O–H groups in total. The van der Waals surface area contributed by atoms with Crippen molar-refractivity contribution in [3.05, 3.63) is 63.6 Å². The van der Waals surface area contributed by atoms with E-state index >= 15 is 0 Å². The van der Waals surface area contributed by atoms with Crippen molar-refractivity contribution in [2.24, 2.45) is 5.41 Å². The number of esters is 1. The summed E-state index contributed by atoms with van der Waals surface area (Å²) in [6.07, 6.45) is 0. The average molecular weight is 408 g/mol. The molecule has 0 saturated heterocycles. The minimum Gasteiger partial charge on any atom is -0.454 e. The molecular formula is C20H19Cl2NO4. The van der Waals surface area contributed by atoms with Crippen molar-refractivity contribution < 1.29 is 19.1 Å². The molecule has 0 radical (unpaired) electrons. The minimum absolute atomic E-state index is 0.129. The number of carbonyl (C=O) groups excluding carboxylic acids is 3. The van der Waals surface area contributed by atoms with Crippen LogP contribution in [0.25, 0.3) is 0 Å². The number of ether oxygens (including phenoxy) is 1. The Morgan fingerprint density at radius 2 is 1.48 bits per heavy atom. The van der Waals surface area contributed by atoms with Gasteiger partial charge in [0.1, 0.15) is 0 Å². The molecule has 0 fully saturated rings. The van der Waals surface area contributed by atoms with Crippen molar-refractivity contribution in [3.63, 3.8) is 0 Å². The molecule has 0 aliphatic rings. The first kappa shape index (κ1) is 20.9. The molecule has 5 nitrogen and oxygen atoms in total. The van der Waals surface area contributed by atoms with Gasteiger partial charge in [0.05, 0.1) is 5.56 Å². The summed E-state index contributed by atoms with van der Waals surface area (Å²) >= 11 is 11.7. The Labute approximate surface area is 167 Å². The summed E-state index contributed by atoms with van der Waals surface area (Å²) in [6, 6.07) is 10.7. The van der Waals surface area contributed by atoms with Crippen molar-refractivity contribution in [3.8, 4) is 0 Å². The zero-order chi connectivity index (χ0) is 20.2. The number of carbonyl (C=O) groups is 3. The maximum absolute atomic E-state index is 12.2. The lowest BCUT2D eigenvalue weighted by Gasteiger charge is -2.17. The number of anilines is 1. The van der Waals surface area contributed by atoms with Crippen LogP contribution in [0.1, 0.15) is 41.5 Å². The fourth-order valence-electron chi connectivity index (χ4n) is 2.03. The first-order chi connectivity index (χ1) is 12.6. The smallest absolute Gasteiger partial charge is 0.338 e. The Hall–Kier alpha value is -2.37. The molecule has 0 aromatic heterocycles. The monoisotopic (exact) mass is 407 g/mol. The van der Waals surface area contributed by atoms with E-state index in [0.717, 1.165) is 0 Å². The number of hydrogen-bond donors (Lipinski definition) is 1. The van der Waals surface area contributed by atoms with Gasteiger partial charge >= 0.3 is 5.97 Å². The highest BCUT2D eigenvalue weighted by Crippen LogP contribution is 2.20. The SMILES string of the molecule is CC(C)(C)C(=O)Nc1ccc(C(=O)COC(=O)c2cc(Cl)cc(Cl)c2)cc1. The summed E-state index contributed by atoms with van der Waals surface area (Å²) in [5.74, 6) is -1.19. The summed E-state index contributed by atoms with van der Waals surface area (Å²) in [7, 11) is 0. The molecule has 142 valence electrons. The molecule has 1 amide bonds. The predicted octanol–water partition coefficient (Wildman–Crippen LogP) is 5.02. The Kier molecular flexibility index (Phi) is 6.63. The van der Waals surface area contributed by atoms with Crippen molar-refractivity contribution in [1.82, 2.24) is 0 Å². The number of hydrogen-bond acceptors (Lipinski definition) is 4. The second kappa shape index (κ2) is 8.55. The van der Waals surface area contributed by atoms with Gasteiger partial charge in [-0.1, -0.05) is 44.0 Å². The van der Waals surface area contributed by atoms with Gasteiger partial charge in [-0.05, 0) is 42.5 Å². The normalized spacial score (nSPS) is 11.0. The second-order valence-corrected chi connectivity index (χ2v) is 7.81. The quantitative estimate of drug-likeness (QED) is 0.557. The van der Waals surface area contributed by atoms with Gasteiger partial charge in [0.2, 0.25) is 5.91 Å². The van der Waals surface area contributed by atoms with Crippen LogP contribution in [0, 0.1) is 5.41 Å². The number of Topliss-reactive ketones (excluding diaryl/α,β-unsaturated/α-hetero) is 1. The molecule has 0 aliphatic carbocycles. The Balaban J connectivity index is 1.96. The van der Waals surface area contributed by atoms with Crippen LogP contribution in [0.15, 0.2) is 42.5 Å². The third-order valence-corrected chi connectivity index (χ3v) is 4.01. The van der Waals surface area contributed by atoms with E-state index in [9.17, 15) is 14.4 Å². The summed E-state index contributed by atoms with van der Waals surface area (Å²) in [5, 5.41) is 3.37. The molecule has 0 atom stereocenters. The molecule has 0 bridgehead atoms. The van der Waals surface area contributed by atoms with Gasteiger partial charge in [0.25, 0.3) is 0 Å². The van der Waals surface area contributed by atoms with Crippen molar-refractivity contribution in [2.45, 2.75) is 20.8 Å². The van der Waals surface area contributed by atoms with Crippen molar-refractivity contribution >= 4 is 46.5 Å². The Morgan fingerprint density at radius 3 is 2.00 bits per heavy atom. The largest absolute Gasteiger partial charge is 0.454 e. The fourth-order valence-corrected chi connectivity index (χ4v) is 2.55. The summed E-state index contributed by atoms with van der Waals surface area (Å²) in [6.45, 7) is 5.00. The fraction of sp³-hybridized carbons (Fsp3) is 0.250. The maximum Gasteiger partial charge on any atom is 0.338 e. The molecule has 0 spiro atoms. The van der Waals surface area contributed by atoms with Gasteiger partial charge in [0.15, 0.2) is 12.4 Å². The lowest BCUT2D eigenvalue weighted by molar-refractivity contribution is -0.123. The number of rotatable bonds is 5. The molecule has 0 aliphatic heterocycles. The second-order valence-electron chi connectivity index (χ2n) is 6.94. The zero-order valence-electron chi connectivity index (χ0n) is 15.1. The number of benzene rings is 2. The average Bonchev–Trinajstić information content (AvgIpc) is 2.58. The molecule has 2 aromatic rings. The van der Waals surface area contributed by atoms with E-state index in [1.165, 1.54) is 18.2 Å². The van der Waals surface area contributed by atoms with E-state index in [0.29, 0.717) is 21.3 Å². The molecule has 0 unspecified atom stereocenters. The van der Waals surface area contributed by atoms with Crippen molar-refractivity contribution in [1.29, 1.82) is 0 Å². The van der Waals surface area contributed by atoms with Gasteiger partial charge in [-0.2, -0.15) is 0 Å². The summed E-state index contributed by atoms with van der Waals surface area (Å²) in [4.78, 5) is 36.2. The highest BCUT2D eigenvalue weighted by Gasteiger charge is 2.21. The maximum atomic E-state index is 12.2. The van der Waals surface area contributed by atoms with Gasteiger partial charge in [0, 0.05) is 26.7 Å². The predicted molar refractivity (Wildman–Crippen MR) is 106 cm³/mol. The lowest BCUT2D eigenvalue weighted by Crippen LogP contribution is -2.27. The number of nitrogens with one attached hydrogen (secondary N) is 1. The van der Waals surface area contributed by atoms with Gasteiger partial charge in [-0.3, -0.25) is 9.59 Å². The van der Waals surface area contributed by atoms with Crippen LogP contribution < -0.4 is 5.32 Å². The van der Waals surface area contributed by atoms with E-state index in [1.807, 2.05) is 20.8 Å². The molecule has 27 heavy (non-hydrogen) atoms. The van der Waals surface area contributed by atoms with E-state index in [2.05, 4.69) is 5.32 Å². The van der Waals surface area contributed by atoms with Crippen LogP contribution in [0.2, 0.25) is 10.0 Å². The third-order valence-electron chi connectivity index (χ3n) is 3.58. The molecule has 2 rings (SSSR count). The van der Waals surface area contributed by atoms with Crippen LogP contribution in [-0.4, -0.2) is 24.3 Å². The third kappa shape index (κ3) is 6.08. The lowest BCUT2D eigenvalue weighted by atomic mass is 9.95. The van der Waals surface area contributed by atoms with Crippen LogP contribution in [-0.2, 0) is 9.53 Å². The molecule has 7 heteroatoms. The zero-order valence-corrected chi connectivity index (χ0v) is 16.6. The van der Waals surface area contributed by atoms with Gasteiger partial charge < -0.3 is 10.1 Å². The van der Waals surface area contributed by atoms with E-state index in [4.69, 9.17) is 27.9 Å². The van der Waals surface area contributed by atoms with Crippen LogP contribution >= 0.6 is 23.2 Å². The molecule has 2 aromatic carbocycles. The van der Waals surface area contributed by atoms with E-state index in [1.54, 1.807) is 24.3 Å². The minimum atomic E-state index is -0.693. The topological polar surface area (TPSA) is 72.5 Å². The summed E-state index contributed by atoms with van der Waals surface area (Å²) < 4.78 is 5.02.